The van der Waals surface area contributed by atoms with Crippen molar-refractivity contribution in [2.24, 2.45) is 0 Å². The van der Waals surface area contributed by atoms with E-state index in [1.165, 1.54) is 0 Å². The summed E-state index contributed by atoms with van der Waals surface area (Å²) in [5.41, 5.74) is 1.49. The van der Waals surface area contributed by atoms with Crippen molar-refractivity contribution in [3.05, 3.63) is 69.7 Å². The van der Waals surface area contributed by atoms with Gasteiger partial charge in [-0.25, -0.2) is 0 Å². The fourth-order valence-electron chi connectivity index (χ4n) is 3.61. The van der Waals surface area contributed by atoms with Crippen LogP contribution in [0.25, 0.3) is 0 Å². The molecule has 2 saturated heterocycles. The molecule has 47 heavy (non-hydrogen) atoms. The number of hydrogen-bond donors (Lipinski definition) is 0. The third-order valence-corrected chi connectivity index (χ3v) is 8.49. The molecule has 2 heterocycles. The summed E-state index contributed by atoms with van der Waals surface area (Å²) >= 11 is 17.9. The Morgan fingerprint density at radius 2 is 1.21 bits per heavy atom. The zero-order valence-corrected chi connectivity index (χ0v) is 35.2. The standard InChI is InChI=1S/C12H14BrClO5S.C8H6BrClO.C7H14O5S.3H2S/c1-20(15,16)18-7-11-6-17-12(8-13,19-11)9-2-4-10(14)5-3-9;9-5-8(11)6-1-3-7(10)4-2-6;1-7(2)10-4-6(12-7)5-11-13(3,8)9;;;/h2-5,11H,6-8H2,1H3;1-4H,5H2;6H,4-5H2,1-3H3;3*1H2/t11-,12+;;6-;;;/m0.0.../s1. The Kier molecular flexibility index (Phi) is 23.5. The molecule has 0 spiro atoms. The maximum atomic E-state index is 11.0. The Morgan fingerprint density at radius 1 is 0.787 bits per heavy atom. The fourth-order valence-corrected chi connectivity index (χ4v) is 5.60. The molecule has 0 radical (unpaired) electrons. The SMILES string of the molecule is CC1(C)OC[C@@H](COS(C)(=O)=O)O1.CS(=O)(=O)OC[C@@H]1CO[C@@](CBr)(c2ccc(Cl)cc2)O1.O=C(CBr)c1ccc(Cl)cc1.S.S.S. The van der Waals surface area contributed by atoms with Crippen LogP contribution >= 0.6 is 95.5 Å². The van der Waals surface area contributed by atoms with Crippen LogP contribution in [0.3, 0.4) is 0 Å². The van der Waals surface area contributed by atoms with Crippen molar-refractivity contribution >= 4 is 122 Å². The smallest absolute Gasteiger partial charge is 0.264 e. The highest BCUT2D eigenvalue weighted by molar-refractivity contribution is 9.09. The number of halogens is 4. The first kappa shape index (κ1) is 49.5. The van der Waals surface area contributed by atoms with Gasteiger partial charge in [0, 0.05) is 21.2 Å². The molecule has 0 saturated carbocycles. The first-order chi connectivity index (χ1) is 20.4. The molecule has 11 nitrogen and oxygen atoms in total. The number of ether oxygens (including phenoxy) is 4. The monoisotopic (exact) mass is 928 g/mol. The van der Waals surface area contributed by atoms with Crippen LogP contribution in [0.2, 0.25) is 10.0 Å². The van der Waals surface area contributed by atoms with Gasteiger partial charge in [-0.15, -0.1) is 0 Å². The van der Waals surface area contributed by atoms with Gasteiger partial charge in [-0.3, -0.25) is 13.2 Å². The molecule has 20 heteroatoms. The Morgan fingerprint density at radius 3 is 1.60 bits per heavy atom. The molecule has 4 rings (SSSR count). The van der Waals surface area contributed by atoms with Gasteiger partial charge in [0.1, 0.15) is 12.2 Å². The summed E-state index contributed by atoms with van der Waals surface area (Å²) in [5.74, 6) is -1.51. The van der Waals surface area contributed by atoms with E-state index < -0.39 is 37.9 Å². The summed E-state index contributed by atoms with van der Waals surface area (Å²) in [4.78, 5) is 11.0. The van der Waals surface area contributed by atoms with Crippen molar-refractivity contribution in [2.45, 2.75) is 37.6 Å². The summed E-state index contributed by atoms with van der Waals surface area (Å²) < 4.78 is 74.6. The van der Waals surface area contributed by atoms with E-state index in [1.807, 2.05) is 12.1 Å². The summed E-state index contributed by atoms with van der Waals surface area (Å²) in [6, 6.07) is 13.9. The van der Waals surface area contributed by atoms with Crippen molar-refractivity contribution < 1.29 is 48.9 Å². The van der Waals surface area contributed by atoms with Gasteiger partial charge in [0.25, 0.3) is 20.2 Å². The summed E-state index contributed by atoms with van der Waals surface area (Å²) in [7, 11) is -6.87. The first-order valence-electron chi connectivity index (χ1n) is 12.9. The molecule has 2 aliphatic heterocycles. The zero-order chi connectivity index (χ0) is 33.2. The number of ketones is 1. The average Bonchev–Trinajstić information content (AvgIpc) is 3.54. The lowest BCUT2D eigenvalue weighted by Gasteiger charge is -2.26. The minimum Gasteiger partial charge on any atom is -0.348 e. The molecular formula is C27H40Br2Cl2O11S5. The van der Waals surface area contributed by atoms with Gasteiger partial charge < -0.3 is 18.9 Å². The second-order valence-corrected chi connectivity index (χ2v) is 15.2. The molecule has 0 N–H and O–H groups in total. The Bertz CT molecular complexity index is 1440. The van der Waals surface area contributed by atoms with Gasteiger partial charge in [0.15, 0.2) is 11.6 Å². The van der Waals surface area contributed by atoms with Crippen LogP contribution in [0.1, 0.15) is 29.8 Å². The van der Waals surface area contributed by atoms with Crippen LogP contribution in [0.4, 0.5) is 0 Å². The van der Waals surface area contributed by atoms with E-state index in [0.717, 1.165) is 18.1 Å². The minimum atomic E-state index is -3.49. The topological polar surface area (TPSA) is 141 Å². The molecule has 0 aliphatic carbocycles. The summed E-state index contributed by atoms with van der Waals surface area (Å²) in [5, 5.41) is 2.04. The van der Waals surface area contributed by atoms with Crippen LogP contribution in [-0.4, -0.2) is 90.2 Å². The molecule has 0 amide bonds. The van der Waals surface area contributed by atoms with Crippen molar-refractivity contribution in [3.63, 3.8) is 0 Å². The lowest BCUT2D eigenvalue weighted by atomic mass is 10.1. The third kappa shape index (κ3) is 19.0. The zero-order valence-electron chi connectivity index (χ0n) is 25.8. The van der Waals surface area contributed by atoms with E-state index in [9.17, 15) is 21.6 Å². The van der Waals surface area contributed by atoms with Gasteiger partial charge in [0.2, 0.25) is 5.79 Å². The third-order valence-electron chi connectivity index (χ3n) is 5.61. The Labute approximate surface area is 324 Å². The van der Waals surface area contributed by atoms with Crippen molar-refractivity contribution in [1.29, 1.82) is 0 Å². The first-order valence-corrected chi connectivity index (χ1v) is 19.5. The second kappa shape index (κ2) is 22.3. The molecule has 2 aromatic carbocycles. The number of hydrogen-bond acceptors (Lipinski definition) is 11. The number of rotatable bonds is 10. The summed E-state index contributed by atoms with van der Waals surface area (Å²) in [6.07, 6.45) is 1.26. The van der Waals surface area contributed by atoms with Crippen molar-refractivity contribution in [1.82, 2.24) is 0 Å². The highest BCUT2D eigenvalue weighted by atomic mass is 79.9. The predicted octanol–water partition coefficient (Wildman–Crippen LogP) is 5.65. The van der Waals surface area contributed by atoms with Gasteiger partial charge >= 0.3 is 0 Å². The fraction of sp³-hybridized carbons (Fsp3) is 0.519. The van der Waals surface area contributed by atoms with E-state index >= 15 is 0 Å². The van der Waals surface area contributed by atoms with Crippen LogP contribution in [-0.2, 0) is 53.3 Å². The number of carbonyl (C=O) groups excluding carboxylic acids is 1. The Balaban J connectivity index is 0. The second-order valence-electron chi connectivity index (χ2n) is 9.94. The molecule has 2 fully saturated rings. The van der Waals surface area contributed by atoms with Crippen molar-refractivity contribution in [3.8, 4) is 0 Å². The Hall–Kier alpha value is 0.360. The minimum absolute atomic E-state index is 0. The van der Waals surface area contributed by atoms with E-state index in [0.29, 0.717) is 32.9 Å². The number of benzene rings is 2. The van der Waals surface area contributed by atoms with Crippen molar-refractivity contribution in [2.75, 3.05) is 49.6 Å². The molecule has 2 aliphatic rings. The van der Waals surface area contributed by atoms with E-state index in [2.05, 4.69) is 36.0 Å². The maximum Gasteiger partial charge on any atom is 0.264 e. The molecule has 3 atom stereocenters. The quantitative estimate of drug-likeness (QED) is 0.166. The average molecular weight is 932 g/mol. The largest absolute Gasteiger partial charge is 0.348 e. The molecule has 272 valence electrons. The van der Waals surface area contributed by atoms with Crippen LogP contribution in [0.15, 0.2) is 48.5 Å². The van der Waals surface area contributed by atoms with E-state index in [4.69, 9.17) is 46.3 Å². The number of alkyl halides is 2. The van der Waals surface area contributed by atoms with Gasteiger partial charge in [-0.05, 0) is 50.2 Å². The molecule has 0 aromatic heterocycles. The van der Waals surface area contributed by atoms with Crippen LogP contribution in [0, 0.1) is 0 Å². The van der Waals surface area contributed by atoms with Crippen LogP contribution in [0.5, 0.6) is 0 Å². The van der Waals surface area contributed by atoms with Gasteiger partial charge in [-0.1, -0.05) is 67.2 Å². The molecule has 0 unspecified atom stereocenters. The van der Waals surface area contributed by atoms with Gasteiger partial charge in [0.05, 0.1) is 49.6 Å². The summed E-state index contributed by atoms with van der Waals surface area (Å²) in [6.45, 7) is 4.11. The van der Waals surface area contributed by atoms with Crippen LogP contribution < -0.4 is 0 Å². The van der Waals surface area contributed by atoms with E-state index in [-0.39, 0.29) is 72.2 Å². The lowest BCUT2D eigenvalue weighted by molar-refractivity contribution is -0.159. The number of Topliss-reactive ketones (excluding diaryl/α,β-unsaturated/α-hetero) is 1. The molecule has 2 aromatic rings. The molecular weight excluding hydrogens is 891 g/mol. The highest BCUT2D eigenvalue weighted by Crippen LogP contribution is 2.36. The van der Waals surface area contributed by atoms with Gasteiger partial charge in [-0.2, -0.15) is 57.3 Å². The maximum absolute atomic E-state index is 11.0. The molecule has 0 bridgehead atoms. The van der Waals surface area contributed by atoms with E-state index in [1.54, 1.807) is 50.2 Å². The highest BCUT2D eigenvalue weighted by Gasteiger charge is 2.42. The number of carbonyl (C=O) groups is 1. The normalized spacial score (nSPS) is 21.4. The lowest BCUT2D eigenvalue weighted by Crippen LogP contribution is -2.31. The predicted molar refractivity (Wildman–Crippen MR) is 205 cm³/mol.